The van der Waals surface area contributed by atoms with Gasteiger partial charge in [-0.2, -0.15) is 13.2 Å². The number of rotatable bonds is 6. The quantitative estimate of drug-likeness (QED) is 0.380. The van der Waals surface area contributed by atoms with Gasteiger partial charge in [0.1, 0.15) is 11.6 Å². The predicted octanol–water partition coefficient (Wildman–Crippen LogP) is 5.76. The molecular weight excluding hydrogens is 417 g/mol. The molecule has 10 heteroatoms. The van der Waals surface area contributed by atoms with E-state index in [1.807, 2.05) is 19.1 Å². The van der Waals surface area contributed by atoms with Crippen LogP contribution in [0.1, 0.15) is 49.7 Å². The average Bonchev–Trinajstić information content (AvgIpc) is 3.14. The van der Waals surface area contributed by atoms with Crippen LogP contribution < -0.4 is 5.32 Å². The van der Waals surface area contributed by atoms with Gasteiger partial charge in [0.25, 0.3) is 0 Å². The molecule has 0 aliphatic carbocycles. The molecule has 2 heterocycles. The fourth-order valence-electron chi connectivity index (χ4n) is 2.94. The summed E-state index contributed by atoms with van der Waals surface area (Å²) in [5.41, 5.74) is 1.04. The van der Waals surface area contributed by atoms with E-state index in [1.54, 1.807) is 26.0 Å². The first-order valence-corrected chi connectivity index (χ1v) is 9.54. The van der Waals surface area contributed by atoms with Gasteiger partial charge in [-0.3, -0.25) is 0 Å². The number of halogens is 4. The van der Waals surface area contributed by atoms with Gasteiger partial charge in [-0.25, -0.2) is 15.0 Å². The molecule has 2 aromatic heterocycles. The van der Waals surface area contributed by atoms with Crippen LogP contribution in [-0.2, 0) is 6.18 Å². The van der Waals surface area contributed by atoms with Crippen molar-refractivity contribution >= 4 is 23.6 Å². The number of aromatic nitrogens is 4. The molecule has 3 aromatic rings. The monoisotopic (exact) mass is 436 g/mol. The van der Waals surface area contributed by atoms with E-state index < -0.39 is 11.9 Å². The molecule has 2 N–H and O–H groups in total. The maximum atomic E-state index is 13.1. The zero-order valence-corrected chi connectivity index (χ0v) is 17.3. The number of nitrogens with one attached hydrogen (secondary N) is 2. The summed E-state index contributed by atoms with van der Waals surface area (Å²) in [5, 5.41) is 10.7. The largest absolute Gasteiger partial charge is 0.434 e. The second-order valence-electron chi connectivity index (χ2n) is 7.02. The van der Waals surface area contributed by atoms with Crippen molar-refractivity contribution < 1.29 is 13.2 Å². The van der Waals surface area contributed by atoms with Crippen molar-refractivity contribution in [1.29, 1.82) is 5.41 Å². The lowest BCUT2D eigenvalue weighted by atomic mass is 10.1. The summed E-state index contributed by atoms with van der Waals surface area (Å²) < 4.78 is 40.8. The van der Waals surface area contributed by atoms with Gasteiger partial charge in [0.2, 0.25) is 5.28 Å². The highest BCUT2D eigenvalue weighted by Gasteiger charge is 2.35. The SMILES string of the molecule is CC(Nc1nc(Cl)ncc1C=N)c1ccc(-c2nc(C(F)(F)F)cn2C(C)C)cc1. The summed E-state index contributed by atoms with van der Waals surface area (Å²) in [7, 11) is 0. The summed E-state index contributed by atoms with van der Waals surface area (Å²) in [4.78, 5) is 11.8. The molecule has 0 fully saturated rings. The lowest BCUT2D eigenvalue weighted by Gasteiger charge is -2.17. The highest BCUT2D eigenvalue weighted by Crippen LogP contribution is 2.33. The number of benzene rings is 1. The average molecular weight is 437 g/mol. The molecule has 0 aliphatic heterocycles. The number of hydrogen-bond donors (Lipinski definition) is 2. The van der Waals surface area contributed by atoms with Crippen molar-refractivity contribution in [3.8, 4) is 11.4 Å². The molecule has 3 rings (SSSR count). The van der Waals surface area contributed by atoms with Crippen molar-refractivity contribution in [2.75, 3.05) is 5.32 Å². The minimum absolute atomic E-state index is 0.0617. The highest BCUT2D eigenvalue weighted by molar-refractivity contribution is 6.28. The molecule has 0 aliphatic rings. The van der Waals surface area contributed by atoms with E-state index in [0.29, 0.717) is 16.9 Å². The fourth-order valence-corrected chi connectivity index (χ4v) is 3.07. The first-order valence-electron chi connectivity index (χ1n) is 9.16. The first-order chi connectivity index (χ1) is 14.1. The molecule has 1 atom stereocenters. The molecule has 1 aromatic carbocycles. The Kier molecular flexibility index (Phi) is 6.12. The van der Waals surface area contributed by atoms with Crippen LogP contribution in [0.15, 0.2) is 36.7 Å². The minimum Gasteiger partial charge on any atom is -0.363 e. The topological polar surface area (TPSA) is 79.5 Å². The molecule has 158 valence electrons. The number of anilines is 1. The summed E-state index contributed by atoms with van der Waals surface area (Å²) in [6.07, 6.45) is -0.891. The van der Waals surface area contributed by atoms with Gasteiger partial charge in [-0.15, -0.1) is 0 Å². The van der Waals surface area contributed by atoms with E-state index in [2.05, 4.69) is 20.3 Å². The Morgan fingerprint density at radius 2 is 1.80 bits per heavy atom. The number of alkyl halides is 3. The standard InChI is InChI=1S/C20H20ClF3N6/c1-11(2)30-10-16(20(22,23)24)28-18(30)14-6-4-13(5-7-14)12(3)27-17-15(8-25)9-26-19(21)29-17/h4-12,25H,1-3H3,(H,26,27,29). The van der Waals surface area contributed by atoms with Gasteiger partial charge in [0, 0.05) is 36.3 Å². The van der Waals surface area contributed by atoms with Gasteiger partial charge in [0.15, 0.2) is 5.69 Å². The third kappa shape index (κ3) is 4.62. The van der Waals surface area contributed by atoms with E-state index in [1.165, 1.54) is 10.8 Å². The second-order valence-corrected chi connectivity index (χ2v) is 7.36. The maximum absolute atomic E-state index is 13.1. The van der Waals surface area contributed by atoms with Crippen LogP contribution in [0.5, 0.6) is 0 Å². The van der Waals surface area contributed by atoms with Gasteiger partial charge in [-0.1, -0.05) is 24.3 Å². The van der Waals surface area contributed by atoms with Crippen LogP contribution in [0.25, 0.3) is 11.4 Å². The molecule has 0 amide bonds. The zero-order valence-electron chi connectivity index (χ0n) is 16.5. The summed E-state index contributed by atoms with van der Waals surface area (Å²) in [6.45, 7) is 5.51. The molecule has 0 radical (unpaired) electrons. The third-order valence-electron chi connectivity index (χ3n) is 4.54. The lowest BCUT2D eigenvalue weighted by Crippen LogP contribution is -2.10. The number of nitrogens with zero attached hydrogens (tertiary/aromatic N) is 4. The predicted molar refractivity (Wildman–Crippen MR) is 110 cm³/mol. The Labute approximate surface area is 176 Å². The molecule has 0 spiro atoms. The number of imidazole rings is 1. The Morgan fingerprint density at radius 3 is 2.37 bits per heavy atom. The minimum atomic E-state index is -4.50. The summed E-state index contributed by atoms with van der Waals surface area (Å²) in [6, 6.07) is 6.72. The molecule has 0 bridgehead atoms. The van der Waals surface area contributed by atoms with Crippen molar-refractivity contribution in [2.24, 2.45) is 0 Å². The normalized spacial score (nSPS) is 12.8. The van der Waals surface area contributed by atoms with Crippen LogP contribution in [0.3, 0.4) is 0 Å². The van der Waals surface area contributed by atoms with E-state index in [4.69, 9.17) is 17.0 Å². The van der Waals surface area contributed by atoms with E-state index in [0.717, 1.165) is 18.0 Å². The first kappa shape index (κ1) is 21.8. The van der Waals surface area contributed by atoms with E-state index in [-0.39, 0.29) is 23.2 Å². The van der Waals surface area contributed by atoms with Crippen LogP contribution in [0.2, 0.25) is 5.28 Å². The van der Waals surface area contributed by atoms with Crippen LogP contribution in [0.4, 0.5) is 19.0 Å². The van der Waals surface area contributed by atoms with Crippen LogP contribution in [-0.4, -0.2) is 25.7 Å². The molecular formula is C20H20ClF3N6. The van der Waals surface area contributed by atoms with Crippen molar-refractivity contribution in [3.05, 3.63) is 58.8 Å². The number of hydrogen-bond acceptors (Lipinski definition) is 5. The molecule has 0 saturated heterocycles. The van der Waals surface area contributed by atoms with Crippen molar-refractivity contribution in [3.63, 3.8) is 0 Å². The fraction of sp³-hybridized carbons (Fsp3) is 0.300. The van der Waals surface area contributed by atoms with Gasteiger partial charge in [0.05, 0.1) is 5.56 Å². The lowest BCUT2D eigenvalue weighted by molar-refractivity contribution is -0.140. The van der Waals surface area contributed by atoms with Gasteiger partial charge in [-0.05, 0) is 37.9 Å². The Morgan fingerprint density at radius 1 is 1.13 bits per heavy atom. The van der Waals surface area contributed by atoms with E-state index >= 15 is 0 Å². The highest BCUT2D eigenvalue weighted by atomic mass is 35.5. The van der Waals surface area contributed by atoms with Crippen molar-refractivity contribution in [2.45, 2.75) is 39.0 Å². The Bertz CT molecular complexity index is 1040. The van der Waals surface area contributed by atoms with E-state index in [9.17, 15) is 13.2 Å². The van der Waals surface area contributed by atoms with Crippen molar-refractivity contribution in [1.82, 2.24) is 19.5 Å². The molecule has 1 unspecified atom stereocenters. The van der Waals surface area contributed by atoms with Crippen LogP contribution in [0, 0.1) is 5.41 Å². The summed E-state index contributed by atoms with van der Waals surface area (Å²) >= 11 is 5.84. The second kappa shape index (κ2) is 8.43. The van der Waals surface area contributed by atoms with Gasteiger partial charge < -0.3 is 15.3 Å². The van der Waals surface area contributed by atoms with Crippen LogP contribution >= 0.6 is 11.6 Å². The Hall–Kier alpha value is -2.94. The Balaban J connectivity index is 1.88. The molecule has 0 saturated carbocycles. The van der Waals surface area contributed by atoms with Gasteiger partial charge >= 0.3 is 6.18 Å². The summed E-state index contributed by atoms with van der Waals surface area (Å²) in [5.74, 6) is 0.685. The third-order valence-corrected chi connectivity index (χ3v) is 4.73. The molecule has 6 nitrogen and oxygen atoms in total. The molecule has 30 heavy (non-hydrogen) atoms. The zero-order chi connectivity index (χ0) is 22.1. The maximum Gasteiger partial charge on any atom is 0.434 e. The smallest absolute Gasteiger partial charge is 0.363 e.